The van der Waals surface area contributed by atoms with Crippen LogP contribution in [0.1, 0.15) is 0 Å². The molecule has 1 rings (SSSR count). The SMILES string of the molecule is O=C1O/C(=C\Br)C(Br)=C1Br. The van der Waals surface area contributed by atoms with Gasteiger partial charge in [-0.15, -0.1) is 0 Å². The average molecular weight is 333 g/mol. The van der Waals surface area contributed by atoms with Gasteiger partial charge in [0.2, 0.25) is 0 Å². The molecular formula is C5HBr3O2. The number of esters is 1. The van der Waals surface area contributed by atoms with Crippen molar-refractivity contribution < 1.29 is 9.53 Å². The van der Waals surface area contributed by atoms with E-state index in [9.17, 15) is 4.79 Å². The van der Waals surface area contributed by atoms with Crippen molar-refractivity contribution >= 4 is 53.8 Å². The van der Waals surface area contributed by atoms with Gasteiger partial charge in [0.1, 0.15) is 4.48 Å². The van der Waals surface area contributed by atoms with Crippen LogP contribution in [0.25, 0.3) is 0 Å². The molecule has 5 heteroatoms. The van der Waals surface area contributed by atoms with E-state index in [1.807, 2.05) is 0 Å². The molecule has 1 aliphatic rings. The number of allylic oxidation sites excluding steroid dienone is 1. The first kappa shape index (κ1) is 8.49. The molecule has 10 heavy (non-hydrogen) atoms. The molecule has 0 aromatic carbocycles. The summed E-state index contributed by atoms with van der Waals surface area (Å²) in [5, 5.41) is 0. The molecule has 1 aliphatic heterocycles. The molecule has 0 saturated heterocycles. The Kier molecular flexibility index (Phi) is 2.71. The third-order valence-electron chi connectivity index (χ3n) is 0.890. The minimum atomic E-state index is -0.377. The summed E-state index contributed by atoms with van der Waals surface area (Å²) in [6, 6.07) is 0. The molecule has 0 radical (unpaired) electrons. The van der Waals surface area contributed by atoms with Crippen molar-refractivity contribution in [1.29, 1.82) is 0 Å². The number of hydrogen-bond acceptors (Lipinski definition) is 2. The molecule has 0 amide bonds. The molecule has 0 atom stereocenters. The number of hydrogen-bond donors (Lipinski definition) is 0. The van der Waals surface area contributed by atoms with Crippen molar-refractivity contribution in [3.05, 3.63) is 19.7 Å². The minimum Gasteiger partial charge on any atom is -0.421 e. The third-order valence-corrected chi connectivity index (χ3v) is 3.35. The molecule has 1 heterocycles. The first-order valence-corrected chi connectivity index (χ1v) is 4.75. The Hall–Kier alpha value is 0.390. The zero-order valence-corrected chi connectivity index (χ0v) is 9.29. The Labute approximate surface area is 82.7 Å². The van der Waals surface area contributed by atoms with E-state index in [0.717, 1.165) is 0 Å². The fourth-order valence-corrected chi connectivity index (χ4v) is 1.72. The van der Waals surface area contributed by atoms with Crippen molar-refractivity contribution in [2.75, 3.05) is 0 Å². The van der Waals surface area contributed by atoms with E-state index in [1.54, 1.807) is 0 Å². The number of halogens is 3. The van der Waals surface area contributed by atoms with Crippen LogP contribution >= 0.6 is 47.8 Å². The fraction of sp³-hybridized carbons (Fsp3) is 0. The molecule has 0 saturated carbocycles. The second-order valence-electron chi connectivity index (χ2n) is 1.49. The molecule has 0 aromatic rings. The number of carbonyl (C=O) groups is 1. The van der Waals surface area contributed by atoms with Crippen LogP contribution in [0.4, 0.5) is 0 Å². The molecule has 0 spiro atoms. The molecule has 0 N–H and O–H groups in total. The quantitative estimate of drug-likeness (QED) is 0.638. The topological polar surface area (TPSA) is 26.3 Å². The Morgan fingerprint density at radius 1 is 1.30 bits per heavy atom. The number of carbonyl (C=O) groups excluding carboxylic acids is 1. The predicted octanol–water partition coefficient (Wildman–Crippen LogP) is 2.78. The number of rotatable bonds is 0. The summed E-state index contributed by atoms with van der Waals surface area (Å²) in [5.41, 5.74) is 0. The van der Waals surface area contributed by atoms with Crippen LogP contribution in [0.2, 0.25) is 0 Å². The highest BCUT2D eigenvalue weighted by atomic mass is 79.9. The van der Waals surface area contributed by atoms with Gasteiger partial charge in [0.05, 0.1) is 4.48 Å². The Bertz CT molecular complexity index is 241. The zero-order chi connectivity index (χ0) is 7.72. The largest absolute Gasteiger partial charge is 0.421 e. The van der Waals surface area contributed by atoms with E-state index in [1.165, 1.54) is 4.99 Å². The van der Waals surface area contributed by atoms with Crippen LogP contribution in [0.15, 0.2) is 19.7 Å². The van der Waals surface area contributed by atoms with Crippen LogP contribution < -0.4 is 0 Å². The standard InChI is InChI=1S/C5HBr3O2/c6-1-2-3(7)4(8)5(9)10-2/h1H/b2-1-. The summed E-state index contributed by atoms with van der Waals surface area (Å²) >= 11 is 9.25. The van der Waals surface area contributed by atoms with E-state index in [-0.39, 0.29) is 5.97 Å². The maximum Gasteiger partial charge on any atom is 0.352 e. The average Bonchev–Trinajstić information content (AvgIpc) is 2.17. The van der Waals surface area contributed by atoms with E-state index in [0.29, 0.717) is 14.7 Å². The Balaban J connectivity index is 3.06. The van der Waals surface area contributed by atoms with Gasteiger partial charge in [-0.3, -0.25) is 0 Å². The van der Waals surface area contributed by atoms with Crippen LogP contribution in [-0.4, -0.2) is 5.97 Å². The Morgan fingerprint density at radius 3 is 2.10 bits per heavy atom. The van der Waals surface area contributed by atoms with Gasteiger partial charge in [-0.05, 0) is 31.9 Å². The normalized spacial score (nSPS) is 22.3. The Morgan fingerprint density at radius 2 is 1.90 bits per heavy atom. The van der Waals surface area contributed by atoms with Gasteiger partial charge >= 0.3 is 5.97 Å². The summed E-state index contributed by atoms with van der Waals surface area (Å²) in [6.07, 6.45) is 0. The summed E-state index contributed by atoms with van der Waals surface area (Å²) < 4.78 is 5.79. The fourth-order valence-electron chi connectivity index (χ4n) is 0.457. The van der Waals surface area contributed by atoms with Gasteiger partial charge in [-0.1, -0.05) is 15.9 Å². The lowest BCUT2D eigenvalue weighted by Crippen LogP contribution is -1.92. The highest BCUT2D eigenvalue weighted by Gasteiger charge is 2.25. The molecule has 0 aliphatic carbocycles. The maximum absolute atomic E-state index is 10.7. The number of ether oxygens (including phenoxy) is 1. The highest BCUT2D eigenvalue weighted by molar-refractivity contribution is 9.14. The maximum atomic E-state index is 10.7. The van der Waals surface area contributed by atoms with Gasteiger partial charge in [-0.25, -0.2) is 4.79 Å². The van der Waals surface area contributed by atoms with E-state index < -0.39 is 0 Å². The summed E-state index contributed by atoms with van der Waals surface area (Å²) in [7, 11) is 0. The van der Waals surface area contributed by atoms with Crippen molar-refractivity contribution in [3.63, 3.8) is 0 Å². The van der Waals surface area contributed by atoms with Crippen LogP contribution in [0, 0.1) is 0 Å². The van der Waals surface area contributed by atoms with Gasteiger partial charge in [0.15, 0.2) is 5.76 Å². The van der Waals surface area contributed by atoms with Crippen LogP contribution in [0.3, 0.4) is 0 Å². The minimum absolute atomic E-state index is 0.377. The van der Waals surface area contributed by atoms with Gasteiger partial charge in [-0.2, -0.15) is 0 Å². The van der Waals surface area contributed by atoms with Crippen molar-refractivity contribution in [2.45, 2.75) is 0 Å². The zero-order valence-electron chi connectivity index (χ0n) is 4.53. The molecule has 0 aromatic heterocycles. The molecular weight excluding hydrogens is 332 g/mol. The monoisotopic (exact) mass is 330 g/mol. The van der Waals surface area contributed by atoms with E-state index >= 15 is 0 Å². The molecule has 0 fully saturated rings. The predicted molar refractivity (Wildman–Crippen MR) is 48.0 cm³/mol. The van der Waals surface area contributed by atoms with Crippen LogP contribution in [-0.2, 0) is 9.53 Å². The molecule has 0 bridgehead atoms. The first-order valence-electron chi connectivity index (χ1n) is 2.25. The van der Waals surface area contributed by atoms with Crippen molar-refractivity contribution in [3.8, 4) is 0 Å². The van der Waals surface area contributed by atoms with Crippen molar-refractivity contribution in [1.82, 2.24) is 0 Å². The number of cyclic esters (lactones) is 1. The second-order valence-corrected chi connectivity index (χ2v) is 3.53. The lowest BCUT2D eigenvalue weighted by Gasteiger charge is -1.91. The van der Waals surface area contributed by atoms with E-state index in [2.05, 4.69) is 47.8 Å². The lowest BCUT2D eigenvalue weighted by atomic mass is 10.5. The summed E-state index contributed by atoms with van der Waals surface area (Å²) in [6.45, 7) is 0. The van der Waals surface area contributed by atoms with Crippen molar-refractivity contribution in [2.24, 2.45) is 0 Å². The third kappa shape index (κ3) is 1.35. The van der Waals surface area contributed by atoms with Gasteiger partial charge in [0, 0.05) is 4.99 Å². The van der Waals surface area contributed by atoms with Gasteiger partial charge in [0.25, 0.3) is 0 Å². The smallest absolute Gasteiger partial charge is 0.352 e. The summed E-state index contributed by atoms with van der Waals surface area (Å²) in [4.78, 5) is 12.3. The van der Waals surface area contributed by atoms with Crippen LogP contribution in [0.5, 0.6) is 0 Å². The molecule has 54 valence electrons. The van der Waals surface area contributed by atoms with Gasteiger partial charge < -0.3 is 4.74 Å². The molecule has 0 unspecified atom stereocenters. The molecule has 2 nitrogen and oxygen atoms in total. The highest BCUT2D eigenvalue weighted by Crippen LogP contribution is 2.34. The first-order chi connectivity index (χ1) is 4.66. The summed E-state index contributed by atoms with van der Waals surface area (Å²) in [5.74, 6) is 0.106. The second kappa shape index (κ2) is 3.19. The lowest BCUT2D eigenvalue weighted by molar-refractivity contribution is -0.132. The van der Waals surface area contributed by atoms with E-state index in [4.69, 9.17) is 4.74 Å².